The van der Waals surface area contributed by atoms with Crippen LogP contribution in [-0.2, 0) is 11.2 Å². The molecule has 1 atom stereocenters. The first-order chi connectivity index (χ1) is 10.2. The van der Waals surface area contributed by atoms with Crippen molar-refractivity contribution < 1.29 is 4.74 Å². The first-order valence-electron chi connectivity index (χ1n) is 7.61. The molecule has 0 radical (unpaired) electrons. The second-order valence-corrected chi connectivity index (χ2v) is 5.63. The van der Waals surface area contributed by atoms with Crippen molar-refractivity contribution in [2.24, 2.45) is 5.73 Å². The molecular formula is C19H25NO. The molecule has 2 rings (SSSR count). The highest BCUT2D eigenvalue weighted by atomic mass is 16.5. The van der Waals surface area contributed by atoms with Crippen LogP contribution < -0.4 is 5.73 Å². The first-order valence-corrected chi connectivity index (χ1v) is 7.61. The molecule has 0 saturated carbocycles. The molecule has 1 unspecified atom stereocenters. The molecule has 0 aliphatic rings. The largest absolute Gasteiger partial charge is 0.379 e. The van der Waals surface area contributed by atoms with E-state index in [9.17, 15) is 0 Å². The van der Waals surface area contributed by atoms with Crippen molar-refractivity contribution in [1.82, 2.24) is 0 Å². The van der Waals surface area contributed by atoms with Crippen LogP contribution >= 0.6 is 0 Å². The minimum atomic E-state index is -0.0395. The molecule has 0 amide bonds. The lowest BCUT2D eigenvalue weighted by molar-refractivity contribution is 0.119. The molecule has 2 aromatic rings. The van der Waals surface area contributed by atoms with Crippen LogP contribution in [0.5, 0.6) is 0 Å². The Labute approximate surface area is 127 Å². The van der Waals surface area contributed by atoms with Crippen LogP contribution in [0, 0.1) is 13.8 Å². The molecule has 21 heavy (non-hydrogen) atoms. The molecule has 0 heterocycles. The van der Waals surface area contributed by atoms with Crippen molar-refractivity contribution >= 4 is 0 Å². The van der Waals surface area contributed by atoms with Crippen LogP contribution in [0.2, 0.25) is 0 Å². The highest BCUT2D eigenvalue weighted by Gasteiger charge is 2.09. The lowest BCUT2D eigenvalue weighted by Gasteiger charge is -2.15. The van der Waals surface area contributed by atoms with Gasteiger partial charge >= 0.3 is 0 Å². The molecule has 0 aliphatic heterocycles. The van der Waals surface area contributed by atoms with E-state index in [1.54, 1.807) is 0 Å². The molecule has 0 spiro atoms. The Morgan fingerprint density at radius 1 is 1.05 bits per heavy atom. The third-order valence-electron chi connectivity index (χ3n) is 3.72. The summed E-state index contributed by atoms with van der Waals surface area (Å²) in [4.78, 5) is 0. The Bertz CT molecular complexity index is 551. The van der Waals surface area contributed by atoms with Gasteiger partial charge in [-0.3, -0.25) is 0 Å². The maximum Gasteiger partial charge on any atom is 0.0659 e. The van der Waals surface area contributed by atoms with E-state index in [1.807, 2.05) is 6.07 Å². The average Bonchev–Trinajstić information content (AvgIpc) is 2.47. The maximum atomic E-state index is 6.21. The predicted octanol–water partition coefficient (Wildman–Crippen LogP) is 3.95. The highest BCUT2D eigenvalue weighted by Crippen LogP contribution is 2.17. The van der Waals surface area contributed by atoms with Gasteiger partial charge in [0.05, 0.1) is 12.6 Å². The fourth-order valence-electron chi connectivity index (χ4n) is 2.56. The Morgan fingerprint density at radius 3 is 2.52 bits per heavy atom. The van der Waals surface area contributed by atoms with Gasteiger partial charge in [-0.1, -0.05) is 54.1 Å². The zero-order valence-corrected chi connectivity index (χ0v) is 13.0. The van der Waals surface area contributed by atoms with Gasteiger partial charge in [0.15, 0.2) is 0 Å². The SMILES string of the molecule is Cc1ccc(C(N)COCCCc2ccccc2)c(C)c1. The lowest BCUT2D eigenvalue weighted by Crippen LogP contribution is -2.18. The van der Waals surface area contributed by atoms with E-state index in [4.69, 9.17) is 10.5 Å². The molecule has 0 aliphatic carbocycles. The topological polar surface area (TPSA) is 35.2 Å². The standard InChI is InChI=1S/C19H25NO/c1-15-10-11-18(16(2)13-15)19(20)14-21-12-6-9-17-7-4-3-5-8-17/h3-5,7-8,10-11,13,19H,6,9,12,14,20H2,1-2H3. The van der Waals surface area contributed by atoms with Crippen molar-refractivity contribution in [2.75, 3.05) is 13.2 Å². The van der Waals surface area contributed by atoms with Gasteiger partial charge in [0, 0.05) is 6.61 Å². The molecule has 2 N–H and O–H groups in total. The molecule has 2 nitrogen and oxygen atoms in total. The smallest absolute Gasteiger partial charge is 0.0659 e. The summed E-state index contributed by atoms with van der Waals surface area (Å²) < 4.78 is 5.73. The number of rotatable bonds is 7. The number of hydrogen-bond donors (Lipinski definition) is 1. The van der Waals surface area contributed by atoms with Crippen LogP contribution in [0.1, 0.15) is 34.7 Å². The number of hydrogen-bond acceptors (Lipinski definition) is 2. The summed E-state index contributed by atoms with van der Waals surface area (Å²) in [6.45, 7) is 5.55. The van der Waals surface area contributed by atoms with Gasteiger partial charge in [-0.2, -0.15) is 0 Å². The molecule has 0 aromatic heterocycles. The van der Waals surface area contributed by atoms with Gasteiger partial charge in [0.25, 0.3) is 0 Å². The van der Waals surface area contributed by atoms with Crippen LogP contribution in [0.3, 0.4) is 0 Å². The molecule has 0 bridgehead atoms. The Kier molecular flexibility index (Phi) is 5.97. The summed E-state index contributed by atoms with van der Waals surface area (Å²) in [6.07, 6.45) is 2.09. The van der Waals surface area contributed by atoms with Crippen molar-refractivity contribution in [2.45, 2.75) is 32.7 Å². The van der Waals surface area contributed by atoms with E-state index in [-0.39, 0.29) is 6.04 Å². The van der Waals surface area contributed by atoms with Gasteiger partial charge in [-0.05, 0) is 43.4 Å². The van der Waals surface area contributed by atoms with Crippen molar-refractivity contribution in [1.29, 1.82) is 0 Å². The van der Waals surface area contributed by atoms with Gasteiger partial charge in [0.1, 0.15) is 0 Å². The third-order valence-corrected chi connectivity index (χ3v) is 3.72. The van der Waals surface area contributed by atoms with E-state index < -0.39 is 0 Å². The summed E-state index contributed by atoms with van der Waals surface area (Å²) in [5.74, 6) is 0. The summed E-state index contributed by atoms with van der Waals surface area (Å²) in [5.41, 5.74) is 11.3. The summed E-state index contributed by atoms with van der Waals surface area (Å²) in [6, 6.07) is 16.9. The number of benzene rings is 2. The second-order valence-electron chi connectivity index (χ2n) is 5.63. The summed E-state index contributed by atoms with van der Waals surface area (Å²) >= 11 is 0. The Hall–Kier alpha value is -1.64. The van der Waals surface area contributed by atoms with E-state index >= 15 is 0 Å². The zero-order valence-electron chi connectivity index (χ0n) is 13.0. The van der Waals surface area contributed by atoms with E-state index in [0.29, 0.717) is 6.61 Å². The monoisotopic (exact) mass is 283 g/mol. The lowest BCUT2D eigenvalue weighted by atomic mass is 10.0. The van der Waals surface area contributed by atoms with Crippen LogP contribution in [-0.4, -0.2) is 13.2 Å². The number of ether oxygens (including phenoxy) is 1. The number of aryl methyl sites for hydroxylation is 3. The van der Waals surface area contributed by atoms with Crippen molar-refractivity contribution in [3.05, 3.63) is 70.8 Å². The van der Waals surface area contributed by atoms with Gasteiger partial charge in [-0.15, -0.1) is 0 Å². The summed E-state index contributed by atoms with van der Waals surface area (Å²) in [5, 5.41) is 0. The first kappa shape index (κ1) is 15.7. The molecular weight excluding hydrogens is 258 g/mol. The van der Waals surface area contributed by atoms with Crippen molar-refractivity contribution in [3.63, 3.8) is 0 Å². The van der Waals surface area contributed by atoms with Crippen LogP contribution in [0.15, 0.2) is 48.5 Å². The molecule has 0 saturated heterocycles. The second kappa shape index (κ2) is 7.96. The molecule has 2 aromatic carbocycles. The van der Waals surface area contributed by atoms with Gasteiger partial charge in [-0.25, -0.2) is 0 Å². The van der Waals surface area contributed by atoms with E-state index in [0.717, 1.165) is 19.4 Å². The van der Waals surface area contributed by atoms with E-state index in [1.165, 1.54) is 22.3 Å². The minimum Gasteiger partial charge on any atom is -0.379 e. The Balaban J connectivity index is 1.71. The minimum absolute atomic E-state index is 0.0395. The Morgan fingerprint density at radius 2 is 1.81 bits per heavy atom. The summed E-state index contributed by atoms with van der Waals surface area (Å²) in [7, 11) is 0. The van der Waals surface area contributed by atoms with Gasteiger partial charge in [0.2, 0.25) is 0 Å². The highest BCUT2D eigenvalue weighted by molar-refractivity contribution is 5.32. The zero-order chi connectivity index (χ0) is 15.1. The predicted molar refractivity (Wildman–Crippen MR) is 88.4 cm³/mol. The molecule has 112 valence electrons. The van der Waals surface area contributed by atoms with Crippen LogP contribution in [0.4, 0.5) is 0 Å². The molecule has 0 fully saturated rings. The average molecular weight is 283 g/mol. The third kappa shape index (κ3) is 5.00. The fraction of sp³-hybridized carbons (Fsp3) is 0.368. The fourth-order valence-corrected chi connectivity index (χ4v) is 2.56. The molecule has 2 heteroatoms. The van der Waals surface area contributed by atoms with E-state index in [2.05, 4.69) is 56.3 Å². The number of nitrogens with two attached hydrogens (primary N) is 1. The quantitative estimate of drug-likeness (QED) is 0.781. The maximum absolute atomic E-state index is 6.21. The van der Waals surface area contributed by atoms with Crippen molar-refractivity contribution in [3.8, 4) is 0 Å². The normalized spacial score (nSPS) is 12.3. The van der Waals surface area contributed by atoms with Gasteiger partial charge < -0.3 is 10.5 Å². The van der Waals surface area contributed by atoms with Crippen LogP contribution in [0.25, 0.3) is 0 Å².